The molecule has 1 fully saturated rings. The fourth-order valence-corrected chi connectivity index (χ4v) is 7.29. The summed E-state index contributed by atoms with van der Waals surface area (Å²) in [6, 6.07) is -1.53. The zero-order chi connectivity index (χ0) is 43.2. The Hall–Kier alpha value is -2.34. The van der Waals surface area contributed by atoms with Gasteiger partial charge in [-0.2, -0.15) is 0 Å². The van der Waals surface area contributed by atoms with Gasteiger partial charge >= 0.3 is 25.7 Å². The molecule has 1 aliphatic heterocycles. The summed E-state index contributed by atoms with van der Waals surface area (Å²) in [5, 5.41) is 8.90. The fraction of sp³-hybridized carbons (Fsp3) is 0.804. The summed E-state index contributed by atoms with van der Waals surface area (Å²) < 4.78 is 38.5. The van der Waals surface area contributed by atoms with Crippen molar-refractivity contribution in [2.75, 3.05) is 19.8 Å². The van der Waals surface area contributed by atoms with Gasteiger partial charge in [-0.3, -0.25) is 23.4 Å². The molecule has 12 nitrogen and oxygen atoms in total. The van der Waals surface area contributed by atoms with E-state index in [1.807, 2.05) is 0 Å². The van der Waals surface area contributed by atoms with Crippen LogP contribution in [-0.2, 0) is 42.2 Å². The Labute approximate surface area is 357 Å². The predicted octanol–water partition coefficient (Wildman–Crippen LogP) is 11.4. The number of ether oxygens (including phenoxy) is 3. The lowest BCUT2D eigenvalue weighted by Gasteiger charge is -2.20. The zero-order valence-corrected chi connectivity index (χ0v) is 37.7. The van der Waals surface area contributed by atoms with E-state index in [1.165, 1.54) is 83.5 Å². The van der Waals surface area contributed by atoms with Gasteiger partial charge in [0.15, 0.2) is 6.10 Å². The van der Waals surface area contributed by atoms with Crippen molar-refractivity contribution in [2.45, 2.75) is 218 Å². The molecule has 342 valence electrons. The van der Waals surface area contributed by atoms with Gasteiger partial charge in [-0.1, -0.05) is 147 Å². The Kier molecular flexibility index (Phi) is 34.7. The van der Waals surface area contributed by atoms with Crippen LogP contribution in [0.25, 0.3) is 0 Å². The van der Waals surface area contributed by atoms with Crippen LogP contribution in [0.1, 0.15) is 194 Å². The number of hydrogen-bond acceptors (Lipinski definition) is 10. The van der Waals surface area contributed by atoms with Gasteiger partial charge in [0.1, 0.15) is 12.6 Å². The van der Waals surface area contributed by atoms with Crippen molar-refractivity contribution in [3.63, 3.8) is 0 Å². The number of rotatable bonds is 42. The first kappa shape index (κ1) is 54.7. The minimum absolute atomic E-state index is 0.140. The quantitative estimate of drug-likeness (QED) is 0.0174. The highest BCUT2D eigenvalue weighted by Crippen LogP contribution is 2.43. The molecule has 1 aliphatic rings. The van der Waals surface area contributed by atoms with Crippen LogP contribution in [0.3, 0.4) is 0 Å². The van der Waals surface area contributed by atoms with E-state index in [-0.39, 0.29) is 19.4 Å². The van der Waals surface area contributed by atoms with Crippen LogP contribution in [0.2, 0.25) is 0 Å². The van der Waals surface area contributed by atoms with Gasteiger partial charge in [0.25, 0.3) is 0 Å². The lowest BCUT2D eigenvalue weighted by Crippen LogP contribution is -2.34. The maximum absolute atomic E-state index is 12.7. The number of allylic oxidation sites excluding steroid dienone is 5. The Morgan fingerprint density at radius 1 is 0.627 bits per heavy atom. The molecule has 0 aliphatic carbocycles. The third-order valence-electron chi connectivity index (χ3n) is 10.3. The second kappa shape index (κ2) is 37.4. The second-order valence-corrected chi connectivity index (χ2v) is 17.4. The van der Waals surface area contributed by atoms with E-state index in [9.17, 15) is 23.8 Å². The molecule has 0 radical (unpaired) electrons. The highest BCUT2D eigenvalue weighted by atomic mass is 31.2. The molecule has 5 atom stereocenters. The van der Waals surface area contributed by atoms with Gasteiger partial charge in [0.2, 0.25) is 0 Å². The molecule has 0 spiro atoms. The molecular formula is C46H82NO11P. The normalized spacial score (nSPS) is 17.4. The largest absolute Gasteiger partial charge is 0.480 e. The number of carboxylic acids is 1. The Bertz CT molecular complexity index is 1210. The molecule has 1 saturated heterocycles. The number of esters is 2. The van der Waals surface area contributed by atoms with Gasteiger partial charge in [-0.05, 0) is 70.6 Å². The number of aliphatic carboxylic acids is 1. The van der Waals surface area contributed by atoms with Crippen LogP contribution in [-0.4, -0.2) is 72.1 Å². The second-order valence-electron chi connectivity index (χ2n) is 15.9. The highest BCUT2D eigenvalue weighted by Gasteiger charge is 2.36. The minimum atomic E-state index is -4.73. The molecule has 0 bridgehead atoms. The number of phosphoric acid groups is 1. The smallest absolute Gasteiger partial charge is 0.472 e. The van der Waals surface area contributed by atoms with Crippen LogP contribution >= 0.6 is 7.82 Å². The number of epoxide rings is 1. The minimum Gasteiger partial charge on any atom is -0.480 e. The van der Waals surface area contributed by atoms with Crippen molar-refractivity contribution in [1.82, 2.24) is 0 Å². The first-order valence-corrected chi connectivity index (χ1v) is 24.6. The van der Waals surface area contributed by atoms with Gasteiger partial charge in [0, 0.05) is 12.8 Å². The third-order valence-corrected chi connectivity index (χ3v) is 11.2. The van der Waals surface area contributed by atoms with E-state index < -0.39 is 51.1 Å². The van der Waals surface area contributed by atoms with Crippen molar-refractivity contribution < 1.29 is 52.2 Å². The first-order valence-electron chi connectivity index (χ1n) is 23.1. The van der Waals surface area contributed by atoms with Gasteiger partial charge in [-0.15, -0.1) is 0 Å². The molecule has 59 heavy (non-hydrogen) atoms. The number of nitrogens with two attached hydrogens (primary N) is 1. The third kappa shape index (κ3) is 35.0. The van der Waals surface area contributed by atoms with Gasteiger partial charge < -0.3 is 29.9 Å². The number of hydrogen-bond donors (Lipinski definition) is 3. The van der Waals surface area contributed by atoms with E-state index in [0.717, 1.165) is 70.6 Å². The van der Waals surface area contributed by atoms with Crippen LogP contribution in [0.15, 0.2) is 36.5 Å². The SMILES string of the molecule is CCCCC/C=C\C/C=C\CCCCCCCCCCCC(=O)OC[C@H](COP(=O)(O)OC[C@H](N)C(=O)O)OC(=O)CCCCCCC/C=C\CC1OC1CCCCC. The Morgan fingerprint density at radius 3 is 1.69 bits per heavy atom. The van der Waals surface area contributed by atoms with Gasteiger partial charge in [0.05, 0.1) is 25.4 Å². The molecule has 3 unspecified atom stereocenters. The Balaban J connectivity index is 2.25. The van der Waals surface area contributed by atoms with Crippen LogP contribution < -0.4 is 5.73 Å². The van der Waals surface area contributed by atoms with Crippen molar-refractivity contribution in [3.8, 4) is 0 Å². The van der Waals surface area contributed by atoms with Gasteiger partial charge in [-0.25, -0.2) is 4.57 Å². The summed E-state index contributed by atoms with van der Waals surface area (Å²) in [4.78, 5) is 46.1. The lowest BCUT2D eigenvalue weighted by molar-refractivity contribution is -0.161. The summed E-state index contributed by atoms with van der Waals surface area (Å²) in [6.07, 6.45) is 42.3. The molecule has 1 heterocycles. The molecule has 4 N–H and O–H groups in total. The summed E-state index contributed by atoms with van der Waals surface area (Å²) >= 11 is 0. The highest BCUT2D eigenvalue weighted by molar-refractivity contribution is 7.47. The number of carbonyl (C=O) groups is 3. The Morgan fingerprint density at radius 2 is 1.12 bits per heavy atom. The molecule has 0 aromatic heterocycles. The molecule has 0 saturated carbocycles. The van der Waals surface area contributed by atoms with Crippen molar-refractivity contribution in [1.29, 1.82) is 0 Å². The van der Waals surface area contributed by atoms with Crippen LogP contribution in [0, 0.1) is 0 Å². The van der Waals surface area contributed by atoms with Crippen LogP contribution in [0.4, 0.5) is 0 Å². The number of unbranched alkanes of at least 4 members (excludes halogenated alkanes) is 19. The van der Waals surface area contributed by atoms with E-state index in [1.54, 1.807) is 0 Å². The molecule has 0 aromatic carbocycles. The number of phosphoric ester groups is 1. The summed E-state index contributed by atoms with van der Waals surface area (Å²) in [7, 11) is -4.73. The molecular weight excluding hydrogens is 773 g/mol. The van der Waals surface area contributed by atoms with E-state index in [4.69, 9.17) is 29.6 Å². The number of carbonyl (C=O) groups excluding carboxylic acids is 2. The predicted molar refractivity (Wildman–Crippen MR) is 235 cm³/mol. The van der Waals surface area contributed by atoms with Crippen LogP contribution in [0.5, 0.6) is 0 Å². The number of carboxylic acid groups (broad SMARTS) is 1. The molecule has 1 rings (SSSR count). The van der Waals surface area contributed by atoms with Crippen molar-refractivity contribution >= 4 is 25.7 Å². The van der Waals surface area contributed by atoms with E-state index >= 15 is 0 Å². The molecule has 13 heteroatoms. The molecule has 0 aromatic rings. The maximum atomic E-state index is 12.7. The van der Waals surface area contributed by atoms with Crippen molar-refractivity contribution in [2.24, 2.45) is 5.73 Å². The van der Waals surface area contributed by atoms with E-state index in [2.05, 4.69) is 54.8 Å². The maximum Gasteiger partial charge on any atom is 0.472 e. The topological polar surface area (TPSA) is 184 Å². The summed E-state index contributed by atoms with van der Waals surface area (Å²) in [5.41, 5.74) is 5.34. The van der Waals surface area contributed by atoms with Crippen molar-refractivity contribution in [3.05, 3.63) is 36.5 Å². The average molecular weight is 856 g/mol. The van der Waals surface area contributed by atoms with E-state index in [0.29, 0.717) is 25.0 Å². The fourth-order valence-electron chi connectivity index (χ4n) is 6.51. The standard InChI is InChI=1S/C46H82NO11P/c1-3-5-7-8-9-10-11-12-13-14-15-16-17-18-19-20-24-27-31-35-44(48)54-37-40(38-55-59(52,53)56-39-41(47)46(50)51)57-45(49)36-32-28-25-22-21-23-26-30-34-43-42(58-43)33-29-6-4-2/h9-10,12-13,26,30,40-43H,3-8,11,14-25,27-29,31-39,47H2,1-2H3,(H,50,51)(H,52,53)/b10-9-,13-12-,30-26-/t40-,41+,42?,43?/m1/s1. The first-order chi connectivity index (χ1) is 28.6. The molecule has 0 amide bonds. The zero-order valence-electron chi connectivity index (χ0n) is 36.8. The lowest BCUT2D eigenvalue weighted by atomic mass is 10.1. The summed E-state index contributed by atoms with van der Waals surface area (Å²) in [6.45, 7) is 2.73. The monoisotopic (exact) mass is 856 g/mol. The summed E-state index contributed by atoms with van der Waals surface area (Å²) in [5.74, 6) is -2.41. The average Bonchev–Trinajstić information content (AvgIpc) is 3.97.